The smallest absolute Gasteiger partial charge is 0.352 e. The molecule has 2 aromatic carbocycles. The first kappa shape index (κ1) is 21.0. The van der Waals surface area contributed by atoms with Gasteiger partial charge < -0.3 is 24.5 Å². The van der Waals surface area contributed by atoms with E-state index in [0.717, 1.165) is 41.0 Å². The number of carboxylic acid groups (broad SMARTS) is 1. The van der Waals surface area contributed by atoms with Gasteiger partial charge in [0.15, 0.2) is 0 Å². The Kier molecular flexibility index (Phi) is 5.66. The van der Waals surface area contributed by atoms with E-state index in [0.29, 0.717) is 31.4 Å². The van der Waals surface area contributed by atoms with Crippen LogP contribution in [-0.4, -0.2) is 41.5 Å². The average Bonchev–Trinajstić information content (AvgIpc) is 3.04. The molecule has 1 saturated carbocycles. The summed E-state index contributed by atoms with van der Waals surface area (Å²) in [5.41, 5.74) is 3.33. The molecule has 1 aliphatic carbocycles. The highest BCUT2D eigenvalue weighted by atomic mass is 16.5. The molecule has 0 atom stereocenters. The van der Waals surface area contributed by atoms with Crippen molar-refractivity contribution >= 4 is 16.9 Å². The highest BCUT2D eigenvalue weighted by Crippen LogP contribution is 2.30. The van der Waals surface area contributed by atoms with Crippen molar-refractivity contribution in [2.45, 2.75) is 45.3 Å². The first-order chi connectivity index (χ1) is 15.5. The second-order valence-corrected chi connectivity index (χ2v) is 9.48. The van der Waals surface area contributed by atoms with Gasteiger partial charge in [-0.15, -0.1) is 0 Å². The predicted octanol–water partition coefficient (Wildman–Crippen LogP) is 4.45. The lowest BCUT2D eigenvalue weighted by atomic mass is 9.90. The van der Waals surface area contributed by atoms with Crippen molar-refractivity contribution in [1.29, 1.82) is 0 Å². The molecule has 32 heavy (non-hydrogen) atoms. The molecule has 3 aromatic rings. The molecule has 0 bridgehead atoms. The van der Waals surface area contributed by atoms with Gasteiger partial charge in [0.2, 0.25) is 0 Å². The van der Waals surface area contributed by atoms with Crippen LogP contribution in [0.3, 0.4) is 0 Å². The second-order valence-electron chi connectivity index (χ2n) is 9.48. The summed E-state index contributed by atoms with van der Waals surface area (Å²) in [6.45, 7) is 5.35. The quantitative estimate of drug-likeness (QED) is 0.521. The van der Waals surface area contributed by atoms with Gasteiger partial charge in [-0.2, -0.15) is 0 Å². The fourth-order valence-corrected chi connectivity index (χ4v) is 4.49. The summed E-state index contributed by atoms with van der Waals surface area (Å²) in [7, 11) is 0. The van der Waals surface area contributed by atoms with Crippen LogP contribution >= 0.6 is 0 Å². The van der Waals surface area contributed by atoms with Crippen molar-refractivity contribution in [1.82, 2.24) is 9.88 Å². The molecule has 1 aliphatic heterocycles. The van der Waals surface area contributed by atoms with Crippen molar-refractivity contribution in [2.24, 2.45) is 5.41 Å². The lowest BCUT2D eigenvalue weighted by Gasteiger charge is -2.37. The van der Waals surface area contributed by atoms with Crippen molar-refractivity contribution < 1.29 is 19.4 Å². The maximum atomic E-state index is 12.3. The number of carbonyl (C=O) groups is 1. The summed E-state index contributed by atoms with van der Waals surface area (Å²) >= 11 is 0. The molecular formula is C26H30N2O4. The normalized spacial score (nSPS) is 17.7. The number of aromatic carboxylic acids is 1. The number of carboxylic acids is 1. The number of benzene rings is 2. The molecule has 1 aromatic heterocycles. The summed E-state index contributed by atoms with van der Waals surface area (Å²) in [6, 6.07) is 16.4. The molecule has 6 nitrogen and oxygen atoms in total. The Balaban J connectivity index is 1.39. The largest absolute Gasteiger partial charge is 0.493 e. The van der Waals surface area contributed by atoms with Crippen molar-refractivity contribution in [3.8, 4) is 5.75 Å². The molecule has 0 unspecified atom stereocenters. The zero-order valence-corrected chi connectivity index (χ0v) is 18.5. The second kappa shape index (κ2) is 8.60. The van der Waals surface area contributed by atoms with Crippen LogP contribution in [0, 0.1) is 5.41 Å². The number of para-hydroxylation sites is 1. The molecule has 0 amide bonds. The Morgan fingerprint density at radius 1 is 1.19 bits per heavy atom. The van der Waals surface area contributed by atoms with Crippen LogP contribution in [0.15, 0.2) is 48.5 Å². The Morgan fingerprint density at radius 3 is 2.56 bits per heavy atom. The van der Waals surface area contributed by atoms with Crippen molar-refractivity contribution in [3.05, 3.63) is 65.4 Å². The minimum atomic E-state index is -0.887. The highest BCUT2D eigenvalue weighted by Gasteiger charge is 2.34. The van der Waals surface area contributed by atoms with E-state index in [1.165, 1.54) is 19.3 Å². The summed E-state index contributed by atoms with van der Waals surface area (Å²) in [6.07, 6.45) is 3.58. The number of aromatic nitrogens is 1. The number of fused-ring (bicyclic) bond motifs is 1. The number of nitrogens with zero attached hydrogens (tertiary/aromatic N) is 1. The number of rotatable bonds is 9. The van der Waals surface area contributed by atoms with E-state index < -0.39 is 5.97 Å². The summed E-state index contributed by atoms with van der Waals surface area (Å²) < 4.78 is 13.1. The van der Waals surface area contributed by atoms with Crippen LogP contribution in [0.2, 0.25) is 0 Å². The van der Waals surface area contributed by atoms with E-state index in [-0.39, 0.29) is 5.41 Å². The van der Waals surface area contributed by atoms with Crippen LogP contribution in [0.4, 0.5) is 0 Å². The van der Waals surface area contributed by atoms with Gasteiger partial charge in [-0.1, -0.05) is 43.7 Å². The number of ether oxygens (including phenoxy) is 2. The molecule has 2 heterocycles. The number of nitrogens with one attached hydrogen (secondary N) is 1. The standard InChI is InChI=1S/C26H30N2O4/c1-26(15-31-16-26)17-32-20-11-9-18(10-12-20)14-28-23-8-3-2-7-21(23)22(24(28)25(29)30)13-27-19-5-4-6-19/h2-3,7-12,19,27H,4-6,13-17H2,1H3,(H,29,30). The molecule has 168 valence electrons. The fourth-order valence-electron chi connectivity index (χ4n) is 4.49. The minimum absolute atomic E-state index is 0.100. The predicted molar refractivity (Wildman–Crippen MR) is 123 cm³/mol. The molecule has 6 heteroatoms. The van der Waals surface area contributed by atoms with Gasteiger partial charge in [-0.05, 0) is 36.6 Å². The fraction of sp³-hybridized carbons (Fsp3) is 0.423. The van der Waals surface area contributed by atoms with Gasteiger partial charge in [0, 0.05) is 41.0 Å². The summed E-state index contributed by atoms with van der Waals surface area (Å²) in [5.74, 6) is -0.0643. The SMILES string of the molecule is CC1(COc2ccc(Cn3c(C(=O)O)c(CNC4CCC4)c4ccccc43)cc2)COC1. The third-order valence-corrected chi connectivity index (χ3v) is 6.70. The lowest BCUT2D eigenvalue weighted by Crippen LogP contribution is -2.44. The van der Waals surface area contributed by atoms with E-state index in [9.17, 15) is 9.90 Å². The van der Waals surface area contributed by atoms with E-state index in [1.54, 1.807) is 0 Å². The molecule has 5 rings (SSSR count). The molecule has 0 spiro atoms. The van der Waals surface area contributed by atoms with Crippen molar-refractivity contribution in [2.75, 3.05) is 19.8 Å². The van der Waals surface area contributed by atoms with Gasteiger partial charge >= 0.3 is 5.97 Å². The van der Waals surface area contributed by atoms with Crippen LogP contribution in [0.1, 0.15) is 47.8 Å². The average molecular weight is 435 g/mol. The topological polar surface area (TPSA) is 72.7 Å². The summed E-state index contributed by atoms with van der Waals surface area (Å²) in [5, 5.41) is 14.7. The molecule has 2 N–H and O–H groups in total. The van der Waals surface area contributed by atoms with Gasteiger partial charge in [0.1, 0.15) is 11.4 Å². The lowest BCUT2D eigenvalue weighted by molar-refractivity contribution is -0.120. The molecule has 1 saturated heterocycles. The third-order valence-electron chi connectivity index (χ3n) is 6.70. The highest BCUT2D eigenvalue weighted by molar-refractivity contribution is 5.98. The van der Waals surface area contributed by atoms with Crippen LogP contribution < -0.4 is 10.1 Å². The summed E-state index contributed by atoms with van der Waals surface area (Å²) in [4.78, 5) is 12.3. The zero-order chi connectivity index (χ0) is 22.1. The van der Waals surface area contributed by atoms with Gasteiger partial charge in [0.25, 0.3) is 0 Å². The van der Waals surface area contributed by atoms with Crippen molar-refractivity contribution in [3.63, 3.8) is 0 Å². The zero-order valence-electron chi connectivity index (χ0n) is 18.5. The van der Waals surface area contributed by atoms with E-state index in [2.05, 4.69) is 12.2 Å². The van der Waals surface area contributed by atoms with Crippen LogP contribution in [0.5, 0.6) is 5.75 Å². The molecule has 2 fully saturated rings. The first-order valence-corrected chi connectivity index (χ1v) is 11.4. The third kappa shape index (κ3) is 4.12. The maximum absolute atomic E-state index is 12.3. The van der Waals surface area contributed by atoms with Crippen LogP contribution in [-0.2, 0) is 17.8 Å². The van der Waals surface area contributed by atoms with Gasteiger partial charge in [-0.3, -0.25) is 0 Å². The van der Waals surface area contributed by atoms with Crippen LogP contribution in [0.25, 0.3) is 10.9 Å². The number of hydrogen-bond donors (Lipinski definition) is 2. The van der Waals surface area contributed by atoms with E-state index in [1.807, 2.05) is 53.1 Å². The Hall–Kier alpha value is -2.83. The minimum Gasteiger partial charge on any atom is -0.493 e. The molecule has 2 aliphatic rings. The van der Waals surface area contributed by atoms with Gasteiger partial charge in [0.05, 0.1) is 19.8 Å². The van der Waals surface area contributed by atoms with E-state index in [4.69, 9.17) is 9.47 Å². The van der Waals surface area contributed by atoms with E-state index >= 15 is 0 Å². The number of hydrogen-bond acceptors (Lipinski definition) is 4. The Morgan fingerprint density at radius 2 is 1.94 bits per heavy atom. The monoisotopic (exact) mass is 434 g/mol. The maximum Gasteiger partial charge on any atom is 0.352 e. The molecule has 0 radical (unpaired) electrons. The Labute approximate surface area is 188 Å². The van der Waals surface area contributed by atoms with Gasteiger partial charge in [-0.25, -0.2) is 4.79 Å². The first-order valence-electron chi connectivity index (χ1n) is 11.4. The Bertz CT molecular complexity index is 1110. The molecular weight excluding hydrogens is 404 g/mol.